The van der Waals surface area contributed by atoms with Gasteiger partial charge in [0.05, 0.1) is 11.4 Å². The molecule has 0 saturated carbocycles. The molecule has 1 aromatic heterocycles. The predicted octanol–water partition coefficient (Wildman–Crippen LogP) is 1.25. The van der Waals surface area contributed by atoms with Gasteiger partial charge >= 0.3 is 0 Å². The summed E-state index contributed by atoms with van der Waals surface area (Å²) in [4.78, 5) is 24.1. The molecule has 6 nitrogen and oxygen atoms in total. The summed E-state index contributed by atoms with van der Waals surface area (Å²) in [5.41, 5.74) is 2.72. The lowest BCUT2D eigenvalue weighted by Gasteiger charge is -2.26. The number of aldehydes is 1. The predicted molar refractivity (Wildman–Crippen MR) is 72.9 cm³/mol. The molecule has 0 atom stereocenters. The Kier molecular flexibility index (Phi) is 2.78. The minimum Gasteiger partial charge on any atom is -0.482 e. The van der Waals surface area contributed by atoms with Gasteiger partial charge in [-0.1, -0.05) is 0 Å². The van der Waals surface area contributed by atoms with E-state index in [2.05, 4.69) is 5.10 Å². The largest absolute Gasteiger partial charge is 0.482 e. The van der Waals surface area contributed by atoms with Crippen LogP contribution in [0.1, 0.15) is 10.5 Å². The van der Waals surface area contributed by atoms with E-state index < -0.39 is 0 Å². The van der Waals surface area contributed by atoms with E-state index in [4.69, 9.17) is 4.74 Å². The van der Waals surface area contributed by atoms with Gasteiger partial charge in [-0.05, 0) is 24.3 Å². The molecule has 3 rings (SSSR count). The number of rotatable bonds is 2. The van der Waals surface area contributed by atoms with E-state index >= 15 is 0 Å². The van der Waals surface area contributed by atoms with Gasteiger partial charge in [0.1, 0.15) is 11.4 Å². The van der Waals surface area contributed by atoms with Crippen molar-refractivity contribution in [3.63, 3.8) is 0 Å². The van der Waals surface area contributed by atoms with Crippen LogP contribution in [-0.2, 0) is 11.8 Å². The summed E-state index contributed by atoms with van der Waals surface area (Å²) in [6.45, 7) is 0.0573. The van der Waals surface area contributed by atoms with Crippen LogP contribution < -0.4 is 9.64 Å². The van der Waals surface area contributed by atoms with Gasteiger partial charge in [-0.25, -0.2) is 0 Å². The summed E-state index contributed by atoms with van der Waals surface area (Å²) in [5, 5.41) is 4.29. The maximum Gasteiger partial charge on any atom is 0.264 e. The zero-order valence-corrected chi connectivity index (χ0v) is 11.2. The summed E-state index contributed by atoms with van der Waals surface area (Å²) < 4.78 is 6.90. The van der Waals surface area contributed by atoms with Crippen LogP contribution in [0.5, 0.6) is 5.75 Å². The van der Waals surface area contributed by atoms with Crippen LogP contribution in [0.15, 0.2) is 24.3 Å². The fourth-order valence-corrected chi connectivity index (χ4v) is 2.16. The smallest absolute Gasteiger partial charge is 0.264 e. The molecule has 0 saturated heterocycles. The Morgan fingerprint density at radius 3 is 2.80 bits per heavy atom. The molecule has 0 aliphatic carbocycles. The van der Waals surface area contributed by atoms with Gasteiger partial charge < -0.3 is 9.64 Å². The maximum absolute atomic E-state index is 11.6. The first-order valence-electron chi connectivity index (χ1n) is 6.13. The molecule has 1 amide bonds. The summed E-state index contributed by atoms with van der Waals surface area (Å²) >= 11 is 0. The molecule has 0 spiro atoms. The van der Waals surface area contributed by atoms with Crippen molar-refractivity contribution in [2.75, 3.05) is 18.6 Å². The van der Waals surface area contributed by atoms with Crippen molar-refractivity contribution in [3.8, 4) is 17.0 Å². The van der Waals surface area contributed by atoms with Gasteiger partial charge in [-0.3, -0.25) is 14.3 Å². The number of ether oxygens (including phenoxy) is 1. The summed E-state index contributed by atoms with van der Waals surface area (Å²) in [6, 6.07) is 7.21. The zero-order valence-electron chi connectivity index (χ0n) is 11.2. The number of amides is 1. The summed E-state index contributed by atoms with van der Waals surface area (Å²) in [6.07, 6.45) is 0.758. The number of fused-ring (bicyclic) bond motifs is 1. The second-order valence-electron chi connectivity index (χ2n) is 4.62. The number of hydrogen-bond donors (Lipinski definition) is 0. The van der Waals surface area contributed by atoms with Crippen molar-refractivity contribution >= 4 is 17.9 Å². The number of aryl methyl sites for hydroxylation is 1. The van der Waals surface area contributed by atoms with Crippen LogP contribution >= 0.6 is 0 Å². The molecule has 0 fully saturated rings. The third-order valence-corrected chi connectivity index (χ3v) is 3.38. The molecule has 20 heavy (non-hydrogen) atoms. The van der Waals surface area contributed by atoms with Crippen molar-refractivity contribution in [1.82, 2.24) is 9.78 Å². The lowest BCUT2D eigenvalue weighted by Crippen LogP contribution is -2.35. The molecule has 1 aliphatic rings. The minimum absolute atomic E-state index is 0.0573. The quantitative estimate of drug-likeness (QED) is 0.771. The summed E-state index contributed by atoms with van der Waals surface area (Å²) in [5.74, 6) is 0.576. The highest BCUT2D eigenvalue weighted by Gasteiger charge is 2.22. The van der Waals surface area contributed by atoms with Gasteiger partial charge in [0.15, 0.2) is 12.9 Å². The molecule has 1 aliphatic heterocycles. The standard InChI is InChI=1S/C14H13N3O3/c1-16-12-5-9(3-4-13(12)20-8-14(16)19)11-6-10(7-18)17(2)15-11/h3-7H,8H2,1-2H3. The van der Waals surface area contributed by atoms with E-state index in [-0.39, 0.29) is 12.5 Å². The molecule has 2 aromatic rings. The van der Waals surface area contributed by atoms with Gasteiger partial charge in [0, 0.05) is 19.7 Å². The molecule has 0 unspecified atom stereocenters. The van der Waals surface area contributed by atoms with Crippen molar-refractivity contribution in [2.45, 2.75) is 0 Å². The fourth-order valence-electron chi connectivity index (χ4n) is 2.16. The van der Waals surface area contributed by atoms with E-state index in [1.165, 1.54) is 4.68 Å². The van der Waals surface area contributed by atoms with Crippen LogP contribution in [0.3, 0.4) is 0 Å². The number of likely N-dealkylation sites (N-methyl/N-ethyl adjacent to an activating group) is 1. The Bertz CT molecular complexity index is 706. The van der Waals surface area contributed by atoms with E-state index in [0.717, 1.165) is 11.8 Å². The normalized spacial score (nSPS) is 13.9. The van der Waals surface area contributed by atoms with E-state index in [1.54, 1.807) is 25.1 Å². The lowest BCUT2D eigenvalue weighted by molar-refractivity contribution is -0.120. The highest BCUT2D eigenvalue weighted by molar-refractivity contribution is 5.98. The third-order valence-electron chi connectivity index (χ3n) is 3.38. The number of hydrogen-bond acceptors (Lipinski definition) is 4. The highest BCUT2D eigenvalue weighted by Crippen LogP contribution is 2.34. The first-order valence-corrected chi connectivity index (χ1v) is 6.13. The van der Waals surface area contributed by atoms with Crippen molar-refractivity contribution < 1.29 is 14.3 Å². The van der Waals surface area contributed by atoms with Crippen molar-refractivity contribution in [1.29, 1.82) is 0 Å². The van der Waals surface area contributed by atoms with Crippen LogP contribution in [0.2, 0.25) is 0 Å². The first-order chi connectivity index (χ1) is 9.60. The minimum atomic E-state index is -0.0933. The monoisotopic (exact) mass is 271 g/mol. The molecular weight excluding hydrogens is 258 g/mol. The maximum atomic E-state index is 11.6. The molecule has 0 N–H and O–H groups in total. The SMILES string of the molecule is CN1C(=O)COc2ccc(-c3cc(C=O)n(C)n3)cc21. The Labute approximate surface area is 115 Å². The van der Waals surface area contributed by atoms with Gasteiger partial charge in [-0.2, -0.15) is 5.10 Å². The number of benzene rings is 1. The third kappa shape index (κ3) is 1.85. The average molecular weight is 271 g/mol. The number of carbonyl (C=O) groups is 2. The highest BCUT2D eigenvalue weighted by atomic mass is 16.5. The topological polar surface area (TPSA) is 64.4 Å². The Morgan fingerprint density at radius 1 is 1.30 bits per heavy atom. The molecule has 0 radical (unpaired) electrons. The summed E-state index contributed by atoms with van der Waals surface area (Å²) in [7, 11) is 3.42. The first kappa shape index (κ1) is 12.4. The molecule has 1 aromatic carbocycles. The van der Waals surface area contributed by atoms with Crippen LogP contribution in [0.4, 0.5) is 5.69 Å². The second-order valence-corrected chi connectivity index (χ2v) is 4.62. The van der Waals surface area contributed by atoms with E-state index in [0.29, 0.717) is 22.8 Å². The van der Waals surface area contributed by atoms with Crippen molar-refractivity contribution in [2.24, 2.45) is 7.05 Å². The molecule has 102 valence electrons. The molecule has 2 heterocycles. The number of anilines is 1. The average Bonchev–Trinajstić information content (AvgIpc) is 2.84. The Balaban J connectivity index is 2.07. The Hall–Kier alpha value is -2.63. The number of nitrogens with zero attached hydrogens (tertiary/aromatic N) is 3. The van der Waals surface area contributed by atoms with Gasteiger partial charge in [0.25, 0.3) is 5.91 Å². The second kappa shape index (κ2) is 4.48. The lowest BCUT2D eigenvalue weighted by atomic mass is 10.1. The number of carbonyl (C=O) groups excluding carboxylic acids is 2. The fraction of sp³-hybridized carbons (Fsp3) is 0.214. The number of aromatic nitrogens is 2. The molecule has 6 heteroatoms. The van der Waals surface area contributed by atoms with Gasteiger partial charge in [-0.15, -0.1) is 0 Å². The van der Waals surface area contributed by atoms with Gasteiger partial charge in [0.2, 0.25) is 0 Å². The van der Waals surface area contributed by atoms with Crippen molar-refractivity contribution in [3.05, 3.63) is 30.0 Å². The zero-order chi connectivity index (χ0) is 14.3. The Morgan fingerprint density at radius 2 is 2.10 bits per heavy atom. The van der Waals surface area contributed by atoms with Crippen LogP contribution in [0, 0.1) is 0 Å². The van der Waals surface area contributed by atoms with Crippen LogP contribution in [-0.4, -0.2) is 35.6 Å². The van der Waals surface area contributed by atoms with Crippen LogP contribution in [0.25, 0.3) is 11.3 Å². The molecule has 0 bridgehead atoms. The van der Waals surface area contributed by atoms with E-state index in [9.17, 15) is 9.59 Å². The molecular formula is C14H13N3O3. The van der Waals surface area contributed by atoms with E-state index in [1.807, 2.05) is 18.2 Å².